The normalized spacial score (nSPS) is 20.9. The van der Waals surface area contributed by atoms with Gasteiger partial charge in [0.25, 0.3) is 0 Å². The topological polar surface area (TPSA) is 65.0 Å². The third-order valence-corrected chi connectivity index (χ3v) is 2.63. The van der Waals surface area contributed by atoms with Crippen molar-refractivity contribution in [1.29, 1.82) is 0 Å². The van der Waals surface area contributed by atoms with E-state index in [0.29, 0.717) is 12.8 Å². The van der Waals surface area contributed by atoms with Crippen LogP contribution in [0.5, 0.6) is 0 Å². The molecule has 0 saturated carbocycles. The Morgan fingerprint density at radius 3 is 2.81 bits per heavy atom. The molecule has 0 aliphatic carbocycles. The molecule has 1 aliphatic rings. The molecule has 1 aliphatic heterocycles. The van der Waals surface area contributed by atoms with E-state index in [1.807, 2.05) is 6.92 Å². The van der Waals surface area contributed by atoms with Crippen LogP contribution in [0, 0.1) is 5.92 Å². The predicted molar refractivity (Wildman–Crippen MR) is 58.0 cm³/mol. The number of hydrogen-bond acceptors (Lipinski definition) is 5. The molecule has 0 saturated heterocycles. The summed E-state index contributed by atoms with van der Waals surface area (Å²) in [5, 5.41) is 3.81. The molecule has 90 valence electrons. The van der Waals surface area contributed by atoms with Crippen molar-refractivity contribution in [2.24, 2.45) is 11.1 Å². The molecule has 0 spiro atoms. The summed E-state index contributed by atoms with van der Waals surface area (Å²) >= 11 is 0. The molecule has 0 N–H and O–H groups in total. The van der Waals surface area contributed by atoms with Crippen molar-refractivity contribution in [3.05, 3.63) is 0 Å². The van der Waals surface area contributed by atoms with Crippen molar-refractivity contribution in [2.75, 3.05) is 7.11 Å². The van der Waals surface area contributed by atoms with Crippen LogP contribution in [0.3, 0.4) is 0 Å². The van der Waals surface area contributed by atoms with Gasteiger partial charge in [0.05, 0.1) is 12.8 Å². The maximum Gasteiger partial charge on any atom is 0.315 e. The Kier molecular flexibility index (Phi) is 4.46. The molecule has 1 heterocycles. The summed E-state index contributed by atoms with van der Waals surface area (Å²) in [6, 6.07) is 0. The average molecular weight is 227 g/mol. The Bertz CT molecular complexity index is 311. The molecule has 0 bridgehead atoms. The SMILES string of the molecule is COC(=O)C(C)C(=O)CC[C@@H]1CC(C)=NO1. The number of nitrogens with zero attached hydrogens (tertiary/aromatic N) is 1. The number of rotatable bonds is 5. The molecule has 1 rings (SSSR count). The van der Waals surface area contributed by atoms with Gasteiger partial charge in [0, 0.05) is 12.8 Å². The molecule has 5 heteroatoms. The molecule has 1 unspecified atom stereocenters. The summed E-state index contributed by atoms with van der Waals surface area (Å²) in [5.74, 6) is -1.28. The largest absolute Gasteiger partial charge is 0.468 e. The van der Waals surface area contributed by atoms with Crippen LogP contribution in [-0.2, 0) is 19.2 Å². The minimum atomic E-state index is -0.687. The van der Waals surface area contributed by atoms with Gasteiger partial charge >= 0.3 is 5.97 Å². The van der Waals surface area contributed by atoms with E-state index in [1.54, 1.807) is 6.92 Å². The highest BCUT2D eigenvalue weighted by atomic mass is 16.6. The Labute approximate surface area is 94.8 Å². The Hall–Kier alpha value is -1.39. The Morgan fingerprint density at radius 2 is 2.31 bits per heavy atom. The number of carbonyl (C=O) groups is 2. The molecule has 5 nitrogen and oxygen atoms in total. The van der Waals surface area contributed by atoms with Gasteiger partial charge in [0.1, 0.15) is 17.8 Å². The lowest BCUT2D eigenvalue weighted by Gasteiger charge is -2.10. The van der Waals surface area contributed by atoms with E-state index in [4.69, 9.17) is 4.84 Å². The van der Waals surface area contributed by atoms with E-state index in [1.165, 1.54) is 7.11 Å². The number of hydrogen-bond donors (Lipinski definition) is 0. The molecule has 0 amide bonds. The molecule has 0 aromatic heterocycles. The van der Waals surface area contributed by atoms with Gasteiger partial charge in [0.2, 0.25) is 0 Å². The molecule has 0 aromatic rings. The second kappa shape index (κ2) is 5.63. The van der Waals surface area contributed by atoms with Gasteiger partial charge < -0.3 is 9.57 Å². The molecule has 0 radical (unpaired) electrons. The fourth-order valence-electron chi connectivity index (χ4n) is 1.55. The molecular weight excluding hydrogens is 210 g/mol. The predicted octanol–water partition coefficient (Wildman–Crippen LogP) is 1.31. The van der Waals surface area contributed by atoms with Crippen molar-refractivity contribution in [1.82, 2.24) is 0 Å². The zero-order chi connectivity index (χ0) is 12.1. The van der Waals surface area contributed by atoms with Crippen molar-refractivity contribution < 1.29 is 19.2 Å². The summed E-state index contributed by atoms with van der Waals surface area (Å²) < 4.78 is 4.51. The van der Waals surface area contributed by atoms with Crippen molar-refractivity contribution >= 4 is 17.5 Å². The lowest BCUT2D eigenvalue weighted by molar-refractivity contribution is -0.148. The van der Waals surface area contributed by atoms with Crippen LogP contribution in [0.4, 0.5) is 0 Å². The van der Waals surface area contributed by atoms with Crippen molar-refractivity contribution in [3.63, 3.8) is 0 Å². The summed E-state index contributed by atoms with van der Waals surface area (Å²) in [5.41, 5.74) is 0.943. The van der Waals surface area contributed by atoms with E-state index >= 15 is 0 Å². The second-order valence-corrected chi connectivity index (χ2v) is 4.01. The van der Waals surface area contributed by atoms with Gasteiger partial charge in [-0.25, -0.2) is 0 Å². The van der Waals surface area contributed by atoms with E-state index in [0.717, 1.165) is 12.1 Å². The van der Waals surface area contributed by atoms with Gasteiger partial charge in [-0.2, -0.15) is 0 Å². The second-order valence-electron chi connectivity index (χ2n) is 4.01. The number of oxime groups is 1. The molecule has 0 aromatic carbocycles. The fourth-order valence-corrected chi connectivity index (χ4v) is 1.55. The zero-order valence-electron chi connectivity index (χ0n) is 9.86. The number of ether oxygens (including phenoxy) is 1. The quantitative estimate of drug-likeness (QED) is 0.524. The highest BCUT2D eigenvalue weighted by molar-refractivity contribution is 5.98. The maximum absolute atomic E-state index is 11.6. The van der Waals surface area contributed by atoms with Crippen LogP contribution in [0.15, 0.2) is 5.16 Å². The monoisotopic (exact) mass is 227 g/mol. The van der Waals surface area contributed by atoms with E-state index in [-0.39, 0.29) is 11.9 Å². The Morgan fingerprint density at radius 1 is 1.62 bits per heavy atom. The zero-order valence-corrected chi connectivity index (χ0v) is 9.86. The summed E-state index contributed by atoms with van der Waals surface area (Å²) in [6.45, 7) is 3.45. The van der Waals surface area contributed by atoms with Crippen LogP contribution in [-0.4, -0.2) is 30.7 Å². The van der Waals surface area contributed by atoms with Gasteiger partial charge in [-0.15, -0.1) is 0 Å². The van der Waals surface area contributed by atoms with E-state index in [9.17, 15) is 9.59 Å². The third-order valence-electron chi connectivity index (χ3n) is 2.63. The summed E-state index contributed by atoms with van der Waals surface area (Å²) in [7, 11) is 1.28. The van der Waals surface area contributed by atoms with Gasteiger partial charge in [0.15, 0.2) is 0 Å². The number of esters is 1. The smallest absolute Gasteiger partial charge is 0.315 e. The van der Waals surface area contributed by atoms with Crippen LogP contribution in [0.2, 0.25) is 0 Å². The van der Waals surface area contributed by atoms with Crippen LogP contribution in [0.25, 0.3) is 0 Å². The van der Waals surface area contributed by atoms with Crippen molar-refractivity contribution in [3.8, 4) is 0 Å². The average Bonchev–Trinajstić information content (AvgIpc) is 2.69. The fraction of sp³-hybridized carbons (Fsp3) is 0.727. The number of carbonyl (C=O) groups excluding carboxylic acids is 2. The van der Waals surface area contributed by atoms with Crippen LogP contribution < -0.4 is 0 Å². The first-order chi connectivity index (χ1) is 7.54. The number of methoxy groups -OCH3 is 1. The molecule has 0 fully saturated rings. The highest BCUT2D eigenvalue weighted by Gasteiger charge is 2.24. The molecular formula is C11H17NO4. The summed E-state index contributed by atoms with van der Waals surface area (Å²) in [4.78, 5) is 27.8. The summed E-state index contributed by atoms with van der Waals surface area (Å²) in [6.07, 6.45) is 1.67. The Balaban J connectivity index is 2.28. The van der Waals surface area contributed by atoms with Crippen molar-refractivity contribution in [2.45, 2.75) is 39.2 Å². The first kappa shape index (κ1) is 12.7. The first-order valence-electron chi connectivity index (χ1n) is 5.34. The van der Waals surface area contributed by atoms with Crippen LogP contribution >= 0.6 is 0 Å². The van der Waals surface area contributed by atoms with E-state index in [2.05, 4.69) is 9.89 Å². The first-order valence-corrected chi connectivity index (χ1v) is 5.34. The minimum Gasteiger partial charge on any atom is -0.468 e. The highest BCUT2D eigenvalue weighted by Crippen LogP contribution is 2.17. The van der Waals surface area contributed by atoms with E-state index < -0.39 is 11.9 Å². The standard InChI is InChI=1S/C11H17NO4/c1-7-6-9(16-12-7)4-5-10(13)8(2)11(14)15-3/h8-9H,4-6H2,1-3H3/t8?,9-/m1/s1. The van der Waals surface area contributed by atoms with Gasteiger partial charge in [-0.1, -0.05) is 5.16 Å². The molecule has 2 atom stereocenters. The lowest BCUT2D eigenvalue weighted by Crippen LogP contribution is -2.23. The number of Topliss-reactive ketones (excluding diaryl/α,β-unsaturated/α-hetero) is 1. The molecule has 16 heavy (non-hydrogen) atoms. The maximum atomic E-state index is 11.6. The van der Waals surface area contributed by atoms with Crippen LogP contribution in [0.1, 0.15) is 33.1 Å². The van der Waals surface area contributed by atoms with Gasteiger partial charge in [-0.05, 0) is 20.3 Å². The van der Waals surface area contributed by atoms with Gasteiger partial charge in [-0.3, -0.25) is 9.59 Å². The lowest BCUT2D eigenvalue weighted by atomic mass is 9.99. The minimum absolute atomic E-state index is 0.0196. The number of ketones is 1. The third kappa shape index (κ3) is 3.32.